The molecule has 2 unspecified atom stereocenters. The third kappa shape index (κ3) is 5.83. The summed E-state index contributed by atoms with van der Waals surface area (Å²) in [6.07, 6.45) is -2.49. The third-order valence-corrected chi connectivity index (χ3v) is 8.46. The predicted octanol–water partition coefficient (Wildman–Crippen LogP) is 3.42. The summed E-state index contributed by atoms with van der Waals surface area (Å²) >= 11 is 6.09. The third-order valence-electron chi connectivity index (χ3n) is 6.85. The van der Waals surface area contributed by atoms with Crippen LogP contribution in [0, 0.1) is 5.92 Å². The Hall–Kier alpha value is -2.67. The molecule has 8 nitrogen and oxygen atoms in total. The lowest BCUT2D eigenvalue weighted by atomic mass is 9.93. The number of allylic oxidation sites excluding steroid dienone is 2. The van der Waals surface area contributed by atoms with Crippen molar-refractivity contribution in [2.24, 2.45) is 5.92 Å². The Balaban J connectivity index is 1.82. The van der Waals surface area contributed by atoms with Gasteiger partial charge in [-0.1, -0.05) is 30.7 Å². The average Bonchev–Trinajstić information content (AvgIpc) is 2.99. The van der Waals surface area contributed by atoms with E-state index in [4.69, 9.17) is 11.6 Å². The highest BCUT2D eigenvalue weighted by Gasteiger charge is 2.42. The molecular weight excluding hydrogens is 543 g/mol. The lowest BCUT2D eigenvalue weighted by Crippen LogP contribution is -2.46. The number of nitrogens with one attached hydrogen (secondary N) is 2. The van der Waals surface area contributed by atoms with Gasteiger partial charge in [-0.2, -0.15) is 17.8 Å². The maximum Gasteiger partial charge on any atom is 0.398 e. The maximum atomic E-state index is 14.2. The molecular formula is C25H29ClF3N5O3S. The zero-order chi connectivity index (χ0) is 27.8. The number of likely N-dealkylation sites (N-methyl/N-ethyl adjacent to an activating group) is 1. The Morgan fingerprint density at radius 1 is 1.18 bits per heavy atom. The van der Waals surface area contributed by atoms with Gasteiger partial charge in [-0.25, -0.2) is 4.79 Å². The summed E-state index contributed by atoms with van der Waals surface area (Å²) in [5.74, 6) is -1.63. The summed E-state index contributed by atoms with van der Waals surface area (Å²) in [6.45, 7) is 5.96. The van der Waals surface area contributed by atoms with Gasteiger partial charge in [0.2, 0.25) is 0 Å². The molecule has 13 heteroatoms. The Morgan fingerprint density at radius 2 is 1.87 bits per heavy atom. The van der Waals surface area contributed by atoms with Crippen LogP contribution in [0.15, 0.2) is 44.3 Å². The number of benzene rings is 1. The Labute approximate surface area is 225 Å². The van der Waals surface area contributed by atoms with Crippen LogP contribution < -0.4 is 16.7 Å². The van der Waals surface area contributed by atoms with Crippen molar-refractivity contribution >= 4 is 39.7 Å². The highest BCUT2D eigenvalue weighted by Crippen LogP contribution is 2.39. The fourth-order valence-corrected chi connectivity index (χ4v) is 5.69. The van der Waals surface area contributed by atoms with E-state index < -0.39 is 34.1 Å². The number of alkyl halides is 3. The molecule has 2 aliphatic rings. The molecule has 0 bridgehead atoms. The second-order valence-electron chi connectivity index (χ2n) is 9.35. The molecule has 4 rings (SSSR count). The molecule has 2 heterocycles. The number of fused-ring (bicyclic) bond motifs is 1. The molecule has 206 valence electrons. The summed E-state index contributed by atoms with van der Waals surface area (Å²) in [6, 6.07) is 4.49. The smallest absolute Gasteiger partial charge is 0.305 e. The number of nitrogens with zero attached hydrogens (tertiary/aromatic N) is 3. The minimum absolute atomic E-state index is 0.0497. The average molecular weight is 572 g/mol. The number of rotatable bonds is 6. The van der Waals surface area contributed by atoms with Crippen molar-refractivity contribution in [2.75, 3.05) is 51.0 Å². The number of H-pyrrole nitrogens is 1. The summed E-state index contributed by atoms with van der Waals surface area (Å²) < 4.78 is 55.8. The summed E-state index contributed by atoms with van der Waals surface area (Å²) in [7, 11) is 0.523. The van der Waals surface area contributed by atoms with Gasteiger partial charge in [-0.3, -0.25) is 19.3 Å². The molecule has 0 saturated carbocycles. The maximum absolute atomic E-state index is 14.2. The number of halogens is 4. The van der Waals surface area contributed by atoms with Gasteiger partial charge >= 0.3 is 11.9 Å². The van der Waals surface area contributed by atoms with Crippen LogP contribution in [0.25, 0.3) is 11.6 Å². The molecule has 38 heavy (non-hydrogen) atoms. The standard InChI is InChI=1S/C25H29ClF3N5O3S/c1-4-38(37)21-8-5-16(26)13-20(21)31-34-23(35)17-6-7-19(25(27,28)29)18(15(2)22(17)30-24(34)36)14-33-11-9-32(3)10-12-33/h5-8,13,19,31H,4,9-12,14H2,1-3H3,(H,30,36). The number of piperazine rings is 1. The summed E-state index contributed by atoms with van der Waals surface area (Å²) in [4.78, 5) is 33.5. The van der Waals surface area contributed by atoms with Gasteiger partial charge in [0.05, 0.1) is 38.6 Å². The monoisotopic (exact) mass is 571 g/mol. The number of hydrogen-bond donors (Lipinski definition) is 2. The molecule has 0 spiro atoms. The van der Waals surface area contributed by atoms with E-state index >= 15 is 0 Å². The first-order chi connectivity index (χ1) is 17.9. The van der Waals surface area contributed by atoms with Crippen LogP contribution in [0.1, 0.15) is 25.1 Å². The fraction of sp³-hybridized carbons (Fsp3) is 0.440. The first-order valence-corrected chi connectivity index (χ1v) is 13.8. The van der Waals surface area contributed by atoms with E-state index in [2.05, 4.69) is 15.3 Å². The predicted molar refractivity (Wildman–Crippen MR) is 144 cm³/mol. The molecule has 2 atom stereocenters. The van der Waals surface area contributed by atoms with E-state index in [1.54, 1.807) is 6.92 Å². The van der Waals surface area contributed by atoms with Crippen LogP contribution in [-0.4, -0.2) is 75.4 Å². The molecule has 1 saturated heterocycles. The second kappa shape index (κ2) is 11.2. The first kappa shape index (κ1) is 28.3. The molecule has 1 aliphatic heterocycles. The number of aromatic amines is 1. The van der Waals surface area contributed by atoms with Crippen molar-refractivity contribution in [2.45, 2.75) is 24.9 Å². The molecule has 1 aromatic heterocycles. The highest BCUT2D eigenvalue weighted by molar-refractivity contribution is 7.85. The zero-order valence-corrected chi connectivity index (χ0v) is 22.8. The van der Waals surface area contributed by atoms with Crippen molar-refractivity contribution in [3.8, 4) is 0 Å². The summed E-state index contributed by atoms with van der Waals surface area (Å²) in [5, 5.41) is 0.281. The molecule has 1 aromatic carbocycles. The lowest BCUT2D eigenvalue weighted by molar-refractivity contribution is -0.152. The number of hydrogen-bond acceptors (Lipinski definition) is 6. The van der Waals surface area contributed by atoms with Gasteiger partial charge in [0.1, 0.15) is 0 Å². The van der Waals surface area contributed by atoms with E-state index in [-0.39, 0.29) is 45.4 Å². The molecule has 1 fully saturated rings. The van der Waals surface area contributed by atoms with Gasteiger partial charge in [0.25, 0.3) is 5.56 Å². The number of anilines is 1. The molecule has 1 aliphatic carbocycles. The molecule has 0 radical (unpaired) electrons. The normalized spacial score (nSPS) is 19.8. The first-order valence-electron chi connectivity index (χ1n) is 12.1. The molecule has 2 aromatic rings. The largest absolute Gasteiger partial charge is 0.398 e. The fourth-order valence-electron chi connectivity index (χ4n) is 4.64. The van der Waals surface area contributed by atoms with Gasteiger partial charge in [0, 0.05) is 43.5 Å². The minimum Gasteiger partial charge on any atom is -0.305 e. The topological polar surface area (TPSA) is 90.4 Å². The highest BCUT2D eigenvalue weighted by atomic mass is 35.5. The SMILES string of the molecule is CCS(=O)c1ccc(Cl)cc1Nn1c(=O)[nH]c2c(c1=O)C=CC(C(F)(F)F)C(CN1CCN(C)CC1)=C2C. The van der Waals surface area contributed by atoms with Crippen LogP contribution in [0.2, 0.25) is 5.02 Å². The van der Waals surface area contributed by atoms with E-state index in [1.165, 1.54) is 25.1 Å². The Kier molecular flexibility index (Phi) is 8.36. The van der Waals surface area contributed by atoms with Crippen LogP contribution in [0.3, 0.4) is 0 Å². The molecule has 0 amide bonds. The lowest BCUT2D eigenvalue weighted by Gasteiger charge is -2.34. The van der Waals surface area contributed by atoms with E-state index in [1.807, 2.05) is 11.9 Å². The van der Waals surface area contributed by atoms with Gasteiger partial charge in [0.15, 0.2) is 0 Å². The van der Waals surface area contributed by atoms with Gasteiger partial charge in [-0.15, -0.1) is 0 Å². The van der Waals surface area contributed by atoms with E-state index in [0.717, 1.165) is 25.2 Å². The van der Waals surface area contributed by atoms with Crippen LogP contribution in [-0.2, 0) is 10.8 Å². The van der Waals surface area contributed by atoms with Crippen molar-refractivity contribution in [1.82, 2.24) is 19.5 Å². The quantitative estimate of drug-likeness (QED) is 0.552. The van der Waals surface area contributed by atoms with Crippen molar-refractivity contribution in [1.29, 1.82) is 0 Å². The van der Waals surface area contributed by atoms with E-state index in [0.29, 0.717) is 22.7 Å². The van der Waals surface area contributed by atoms with Crippen molar-refractivity contribution in [3.63, 3.8) is 0 Å². The van der Waals surface area contributed by atoms with Gasteiger partial charge < -0.3 is 9.88 Å². The van der Waals surface area contributed by atoms with Gasteiger partial charge in [-0.05, 0) is 43.3 Å². The number of aromatic nitrogens is 2. The van der Waals surface area contributed by atoms with Crippen molar-refractivity contribution < 1.29 is 17.4 Å². The Bertz CT molecular complexity index is 1420. The van der Waals surface area contributed by atoms with Crippen LogP contribution in [0.4, 0.5) is 18.9 Å². The molecule has 2 N–H and O–H groups in total. The zero-order valence-electron chi connectivity index (χ0n) is 21.2. The summed E-state index contributed by atoms with van der Waals surface area (Å²) in [5.41, 5.74) is 1.40. The van der Waals surface area contributed by atoms with Crippen LogP contribution >= 0.6 is 11.6 Å². The second-order valence-corrected chi connectivity index (χ2v) is 11.5. The van der Waals surface area contributed by atoms with Crippen LogP contribution in [0.5, 0.6) is 0 Å². The van der Waals surface area contributed by atoms with E-state index in [9.17, 15) is 27.0 Å². The minimum atomic E-state index is -4.58. The Morgan fingerprint density at radius 3 is 2.50 bits per heavy atom. The van der Waals surface area contributed by atoms with Crippen molar-refractivity contribution in [3.05, 3.63) is 67.0 Å².